The van der Waals surface area contributed by atoms with Gasteiger partial charge in [-0.1, -0.05) is 48.5 Å². The van der Waals surface area contributed by atoms with Crippen LogP contribution < -0.4 is 0 Å². The molecule has 0 aliphatic heterocycles. The summed E-state index contributed by atoms with van der Waals surface area (Å²) in [7, 11) is -3.80. The molecule has 23 heavy (non-hydrogen) atoms. The first-order valence-electron chi connectivity index (χ1n) is 9.05. The van der Waals surface area contributed by atoms with Gasteiger partial charge < -0.3 is 9.53 Å². The van der Waals surface area contributed by atoms with Gasteiger partial charge in [0.25, 0.3) is 0 Å². The fraction of sp³-hybridized carbons (Fsp3) is 1.00. The minimum Gasteiger partial charge on any atom is -0.412 e. The molecule has 0 heterocycles. The molecule has 0 amide bonds. The van der Waals surface area contributed by atoms with Crippen LogP contribution in [0.15, 0.2) is 0 Å². The van der Waals surface area contributed by atoms with Gasteiger partial charge in [-0.05, 0) is 42.7 Å². The molecule has 0 aromatic rings. The molecule has 0 aromatic carbocycles. The highest BCUT2D eigenvalue weighted by Gasteiger charge is 2.47. The van der Waals surface area contributed by atoms with E-state index in [2.05, 4.69) is 68.1 Å². The van der Waals surface area contributed by atoms with Crippen LogP contribution >= 0.6 is 0 Å². The highest BCUT2D eigenvalue weighted by atomic mass is 28.4. The Balaban J connectivity index is 5.17. The largest absolute Gasteiger partial charge is 0.412 e. The lowest BCUT2D eigenvalue weighted by Crippen LogP contribution is -2.50. The summed E-state index contributed by atoms with van der Waals surface area (Å²) in [5.74, 6) is 0. The van der Waals surface area contributed by atoms with Crippen molar-refractivity contribution in [1.82, 2.24) is 0 Å². The zero-order valence-electron chi connectivity index (χ0n) is 17.0. The Labute approximate surface area is 146 Å². The molecule has 4 nitrogen and oxygen atoms in total. The van der Waals surface area contributed by atoms with Gasteiger partial charge in [0.15, 0.2) is 8.32 Å². The third-order valence-corrected chi connectivity index (χ3v) is 11.3. The summed E-state index contributed by atoms with van der Waals surface area (Å²) in [4.78, 5) is 5.85. The van der Waals surface area contributed by atoms with E-state index in [1.807, 2.05) is 0 Å². The second-order valence-electron chi connectivity index (χ2n) is 8.40. The summed E-state index contributed by atoms with van der Waals surface area (Å²) in [6, 6.07) is 0. The van der Waals surface area contributed by atoms with Crippen LogP contribution in [0.5, 0.6) is 0 Å². The van der Waals surface area contributed by atoms with Gasteiger partial charge in [-0.15, -0.1) is 0 Å². The standard InChI is InChI=1S/C17H40O4Si2/c1-11-16(20-22(8,9)10)17(12-18)19-21-23(13(2)3,14(4)5)15(6)7/h13-18H,11-12H2,1-10H3. The van der Waals surface area contributed by atoms with E-state index in [0.717, 1.165) is 6.42 Å². The molecule has 0 aromatic heterocycles. The molecule has 6 heteroatoms. The molecular formula is C17H40O4Si2. The van der Waals surface area contributed by atoms with E-state index < -0.39 is 22.7 Å². The molecule has 2 unspecified atom stereocenters. The van der Waals surface area contributed by atoms with Crippen LogP contribution in [0.1, 0.15) is 54.9 Å². The van der Waals surface area contributed by atoms with Gasteiger partial charge in [0.05, 0.1) is 12.7 Å². The number of rotatable bonds is 11. The van der Waals surface area contributed by atoms with Crippen molar-refractivity contribution in [2.45, 2.75) is 103 Å². The van der Waals surface area contributed by atoms with Gasteiger partial charge >= 0.3 is 0 Å². The molecule has 0 saturated carbocycles. The van der Waals surface area contributed by atoms with E-state index in [9.17, 15) is 5.11 Å². The first-order valence-corrected chi connectivity index (χ1v) is 14.6. The van der Waals surface area contributed by atoms with E-state index in [-0.39, 0.29) is 12.7 Å². The average molecular weight is 365 g/mol. The molecule has 0 aliphatic rings. The first-order chi connectivity index (χ1) is 10.4. The monoisotopic (exact) mass is 364 g/mol. The molecule has 1 N–H and O–H groups in total. The van der Waals surface area contributed by atoms with Crippen molar-refractivity contribution < 1.29 is 19.0 Å². The zero-order valence-corrected chi connectivity index (χ0v) is 19.0. The van der Waals surface area contributed by atoms with Gasteiger partial charge in [-0.3, -0.25) is 4.58 Å². The summed E-state index contributed by atoms with van der Waals surface area (Å²) in [6.45, 7) is 21.8. The topological polar surface area (TPSA) is 47.9 Å². The smallest absolute Gasteiger partial charge is 0.246 e. The van der Waals surface area contributed by atoms with Gasteiger partial charge in [-0.2, -0.15) is 0 Å². The number of hydrogen-bond acceptors (Lipinski definition) is 4. The second kappa shape index (κ2) is 9.68. The Bertz CT molecular complexity index is 305. The van der Waals surface area contributed by atoms with E-state index in [0.29, 0.717) is 16.6 Å². The highest BCUT2D eigenvalue weighted by Crippen LogP contribution is 2.42. The fourth-order valence-corrected chi connectivity index (χ4v) is 9.61. The van der Waals surface area contributed by atoms with Crippen molar-refractivity contribution >= 4 is 16.6 Å². The maximum Gasteiger partial charge on any atom is 0.246 e. The Kier molecular flexibility index (Phi) is 9.79. The zero-order chi connectivity index (χ0) is 18.4. The van der Waals surface area contributed by atoms with Crippen LogP contribution in [-0.2, 0) is 13.9 Å². The van der Waals surface area contributed by atoms with Crippen molar-refractivity contribution in [2.75, 3.05) is 6.61 Å². The van der Waals surface area contributed by atoms with Gasteiger partial charge in [0.2, 0.25) is 8.32 Å². The third kappa shape index (κ3) is 6.59. The van der Waals surface area contributed by atoms with Crippen molar-refractivity contribution in [3.05, 3.63) is 0 Å². The van der Waals surface area contributed by atoms with Crippen molar-refractivity contribution in [3.8, 4) is 0 Å². The van der Waals surface area contributed by atoms with Crippen LogP contribution in [0.25, 0.3) is 0 Å². The fourth-order valence-electron chi connectivity index (χ4n) is 3.52. The van der Waals surface area contributed by atoms with Crippen LogP contribution in [-0.4, -0.2) is 40.6 Å². The lowest BCUT2D eigenvalue weighted by atomic mass is 10.2. The van der Waals surface area contributed by atoms with E-state index in [1.54, 1.807) is 0 Å². The number of aliphatic hydroxyl groups excluding tert-OH is 1. The van der Waals surface area contributed by atoms with Gasteiger partial charge in [-0.25, -0.2) is 4.89 Å². The summed E-state index contributed by atoms with van der Waals surface area (Å²) in [5, 5.41) is 9.78. The summed E-state index contributed by atoms with van der Waals surface area (Å²) < 4.78 is 12.4. The van der Waals surface area contributed by atoms with Crippen LogP contribution in [0.2, 0.25) is 36.3 Å². The lowest BCUT2D eigenvalue weighted by Gasteiger charge is -2.42. The molecule has 140 valence electrons. The van der Waals surface area contributed by atoms with Gasteiger partial charge in [0, 0.05) is 0 Å². The predicted molar refractivity (Wildman–Crippen MR) is 103 cm³/mol. The summed E-state index contributed by atoms with van der Waals surface area (Å²) in [5.41, 5.74) is 1.33. The Morgan fingerprint density at radius 2 is 1.26 bits per heavy atom. The van der Waals surface area contributed by atoms with E-state index >= 15 is 0 Å². The number of aliphatic hydroxyl groups is 1. The molecule has 0 spiro atoms. The van der Waals surface area contributed by atoms with E-state index in [1.165, 1.54) is 0 Å². The number of hydrogen-bond donors (Lipinski definition) is 1. The lowest BCUT2D eigenvalue weighted by molar-refractivity contribution is -0.284. The third-order valence-electron chi connectivity index (χ3n) is 4.53. The first kappa shape index (κ1) is 23.3. The molecule has 0 saturated heterocycles. The van der Waals surface area contributed by atoms with Crippen LogP contribution in [0, 0.1) is 0 Å². The Hall–Kier alpha value is 0.274. The summed E-state index contributed by atoms with van der Waals surface area (Å²) >= 11 is 0. The molecule has 0 bridgehead atoms. The normalized spacial score (nSPS) is 16.4. The predicted octanol–water partition coefficient (Wildman–Crippen LogP) is 5.10. The minimum absolute atomic E-state index is 0.0816. The molecule has 2 atom stereocenters. The molecule has 0 rings (SSSR count). The van der Waals surface area contributed by atoms with Gasteiger partial charge in [0.1, 0.15) is 6.10 Å². The molecule has 0 fully saturated rings. The SMILES string of the molecule is CCC(O[Si](C)(C)C)C(CO)OO[Si](C(C)C)(C(C)C)C(C)C. The Morgan fingerprint density at radius 3 is 1.52 bits per heavy atom. The average Bonchev–Trinajstić information content (AvgIpc) is 2.39. The van der Waals surface area contributed by atoms with Crippen molar-refractivity contribution in [2.24, 2.45) is 0 Å². The van der Waals surface area contributed by atoms with Crippen molar-refractivity contribution in [3.63, 3.8) is 0 Å². The second-order valence-corrected chi connectivity index (χ2v) is 18.2. The quantitative estimate of drug-likeness (QED) is 0.315. The molecule has 0 radical (unpaired) electrons. The highest BCUT2D eigenvalue weighted by molar-refractivity contribution is 6.77. The molecule has 0 aliphatic carbocycles. The summed E-state index contributed by atoms with van der Waals surface area (Å²) in [6.07, 6.45) is 0.262. The van der Waals surface area contributed by atoms with E-state index in [4.69, 9.17) is 13.9 Å². The van der Waals surface area contributed by atoms with Crippen LogP contribution in [0.3, 0.4) is 0 Å². The van der Waals surface area contributed by atoms with Crippen molar-refractivity contribution in [1.29, 1.82) is 0 Å². The molecular weight excluding hydrogens is 324 g/mol. The Morgan fingerprint density at radius 1 is 0.826 bits per heavy atom. The van der Waals surface area contributed by atoms with Crippen LogP contribution in [0.4, 0.5) is 0 Å². The maximum absolute atomic E-state index is 9.78. The maximum atomic E-state index is 9.78. The minimum atomic E-state index is -2.10.